The number of likely N-dealkylation sites (tertiary alicyclic amines) is 1. The van der Waals surface area contributed by atoms with Crippen molar-refractivity contribution in [2.45, 2.75) is 19.8 Å². The molecule has 0 spiro atoms. The molecule has 0 radical (unpaired) electrons. The monoisotopic (exact) mass is 363 g/mol. The van der Waals surface area contributed by atoms with E-state index in [-0.39, 0.29) is 5.91 Å². The fraction of sp³-hybridized carbons (Fsp3) is 0.364. The van der Waals surface area contributed by atoms with Gasteiger partial charge in [-0.25, -0.2) is 0 Å². The number of nitrogens with zero attached hydrogens (tertiary/aromatic N) is 2. The predicted octanol–water partition coefficient (Wildman–Crippen LogP) is 3.96. The van der Waals surface area contributed by atoms with Gasteiger partial charge in [-0.1, -0.05) is 42.4 Å². The standard InChI is InChI=1S/C22H25N3O2/c1-16-6-5-12-25(15-16)13-11-23-22(26)18-9-10-20-19(14-18)21(27-24-20)17-7-3-2-4-8-17/h2-4,7-10,14,16H,5-6,11-13,15H2,1H3,(H,23,26). The van der Waals surface area contributed by atoms with Crippen molar-refractivity contribution in [3.05, 3.63) is 54.1 Å². The Bertz CT molecular complexity index is 920. The number of carbonyl (C=O) groups excluding carboxylic acids is 1. The average Bonchev–Trinajstić information content (AvgIpc) is 3.12. The Morgan fingerprint density at radius 1 is 1.26 bits per heavy atom. The summed E-state index contributed by atoms with van der Waals surface area (Å²) >= 11 is 0. The molecule has 1 N–H and O–H groups in total. The lowest BCUT2D eigenvalue weighted by molar-refractivity contribution is 0.0944. The quantitative estimate of drug-likeness (QED) is 0.745. The van der Waals surface area contributed by atoms with Gasteiger partial charge in [0.25, 0.3) is 5.91 Å². The third-order valence-corrected chi connectivity index (χ3v) is 5.23. The number of amides is 1. The molecular weight excluding hydrogens is 338 g/mol. The van der Waals surface area contributed by atoms with Crippen LogP contribution in [0.3, 0.4) is 0 Å². The second-order valence-electron chi connectivity index (χ2n) is 7.41. The molecule has 0 aliphatic carbocycles. The molecule has 3 aromatic rings. The summed E-state index contributed by atoms with van der Waals surface area (Å²) in [5, 5.41) is 8.02. The summed E-state index contributed by atoms with van der Waals surface area (Å²) in [7, 11) is 0. The van der Waals surface area contributed by atoms with Crippen molar-refractivity contribution >= 4 is 16.8 Å². The number of piperidine rings is 1. The van der Waals surface area contributed by atoms with Crippen LogP contribution in [0.1, 0.15) is 30.1 Å². The minimum atomic E-state index is -0.0535. The number of hydrogen-bond donors (Lipinski definition) is 1. The van der Waals surface area contributed by atoms with E-state index >= 15 is 0 Å². The van der Waals surface area contributed by atoms with E-state index in [1.165, 1.54) is 12.8 Å². The van der Waals surface area contributed by atoms with Gasteiger partial charge < -0.3 is 14.7 Å². The first-order chi connectivity index (χ1) is 13.2. The lowest BCUT2D eigenvalue weighted by Gasteiger charge is -2.30. The van der Waals surface area contributed by atoms with Crippen LogP contribution in [0.15, 0.2) is 53.1 Å². The van der Waals surface area contributed by atoms with Gasteiger partial charge in [0, 0.05) is 30.8 Å². The van der Waals surface area contributed by atoms with E-state index in [0.29, 0.717) is 17.9 Å². The first-order valence-electron chi connectivity index (χ1n) is 9.66. The van der Waals surface area contributed by atoms with Crippen molar-refractivity contribution in [1.82, 2.24) is 15.4 Å². The molecule has 2 aromatic carbocycles. The summed E-state index contributed by atoms with van der Waals surface area (Å²) in [4.78, 5) is 15.0. The number of nitrogens with one attached hydrogen (secondary N) is 1. The zero-order valence-corrected chi connectivity index (χ0v) is 15.6. The van der Waals surface area contributed by atoms with Gasteiger partial charge >= 0.3 is 0 Å². The minimum absolute atomic E-state index is 0.0535. The van der Waals surface area contributed by atoms with Gasteiger partial charge in [0.2, 0.25) is 0 Å². The van der Waals surface area contributed by atoms with Gasteiger partial charge in [-0.3, -0.25) is 4.79 Å². The molecular formula is C22H25N3O2. The first kappa shape index (κ1) is 17.7. The molecule has 140 valence electrons. The van der Waals surface area contributed by atoms with Gasteiger partial charge in [-0.2, -0.15) is 0 Å². The molecule has 0 saturated carbocycles. The Kier molecular flexibility index (Phi) is 5.21. The SMILES string of the molecule is CC1CCCN(CCNC(=O)c2ccc3noc(-c4ccccc4)c3c2)C1. The number of hydrogen-bond acceptors (Lipinski definition) is 4. The maximum atomic E-state index is 12.6. The minimum Gasteiger partial charge on any atom is -0.355 e. The van der Waals surface area contributed by atoms with E-state index in [9.17, 15) is 4.79 Å². The summed E-state index contributed by atoms with van der Waals surface area (Å²) in [6.45, 7) is 6.12. The Morgan fingerprint density at radius 2 is 2.11 bits per heavy atom. The molecule has 1 atom stereocenters. The molecule has 1 aliphatic heterocycles. The molecule has 1 amide bonds. The Labute approximate surface area is 159 Å². The highest BCUT2D eigenvalue weighted by Crippen LogP contribution is 2.29. The van der Waals surface area contributed by atoms with E-state index in [4.69, 9.17) is 4.52 Å². The molecule has 1 aliphatic rings. The number of rotatable bonds is 5. The molecule has 2 heterocycles. The van der Waals surface area contributed by atoms with Gasteiger partial charge in [-0.05, 0) is 43.5 Å². The first-order valence-corrected chi connectivity index (χ1v) is 9.66. The highest BCUT2D eigenvalue weighted by molar-refractivity contribution is 6.00. The highest BCUT2D eigenvalue weighted by Gasteiger charge is 2.17. The van der Waals surface area contributed by atoms with E-state index < -0.39 is 0 Å². The van der Waals surface area contributed by atoms with E-state index in [1.54, 1.807) is 6.07 Å². The highest BCUT2D eigenvalue weighted by atomic mass is 16.5. The molecule has 5 heteroatoms. The number of carbonyl (C=O) groups is 1. The van der Waals surface area contributed by atoms with E-state index in [1.807, 2.05) is 42.5 Å². The van der Waals surface area contributed by atoms with E-state index in [2.05, 4.69) is 22.3 Å². The predicted molar refractivity (Wildman–Crippen MR) is 107 cm³/mol. The topological polar surface area (TPSA) is 58.4 Å². The fourth-order valence-electron chi connectivity index (χ4n) is 3.80. The van der Waals surface area contributed by atoms with Crippen molar-refractivity contribution < 1.29 is 9.32 Å². The van der Waals surface area contributed by atoms with Crippen LogP contribution in [-0.4, -0.2) is 42.1 Å². The molecule has 1 saturated heterocycles. The molecule has 5 nitrogen and oxygen atoms in total. The summed E-state index contributed by atoms with van der Waals surface area (Å²) in [6.07, 6.45) is 2.56. The third-order valence-electron chi connectivity index (χ3n) is 5.23. The summed E-state index contributed by atoms with van der Waals surface area (Å²) in [5.41, 5.74) is 2.35. The van der Waals surface area contributed by atoms with Crippen LogP contribution in [-0.2, 0) is 0 Å². The second kappa shape index (κ2) is 7.92. The third kappa shape index (κ3) is 4.03. The smallest absolute Gasteiger partial charge is 0.251 e. The van der Waals surface area contributed by atoms with Crippen molar-refractivity contribution in [1.29, 1.82) is 0 Å². The maximum Gasteiger partial charge on any atom is 0.251 e. The van der Waals surface area contributed by atoms with Crippen molar-refractivity contribution in [3.8, 4) is 11.3 Å². The van der Waals surface area contributed by atoms with Crippen LogP contribution in [0.25, 0.3) is 22.2 Å². The molecule has 1 fully saturated rings. The molecule has 27 heavy (non-hydrogen) atoms. The largest absolute Gasteiger partial charge is 0.355 e. The van der Waals surface area contributed by atoms with Crippen molar-refractivity contribution in [3.63, 3.8) is 0 Å². The Hall–Kier alpha value is -2.66. The van der Waals surface area contributed by atoms with Gasteiger partial charge in [0.1, 0.15) is 5.52 Å². The summed E-state index contributed by atoms with van der Waals surface area (Å²) < 4.78 is 5.52. The van der Waals surface area contributed by atoms with Crippen LogP contribution in [0.4, 0.5) is 0 Å². The van der Waals surface area contributed by atoms with Crippen LogP contribution in [0, 0.1) is 5.92 Å². The van der Waals surface area contributed by atoms with Crippen molar-refractivity contribution in [2.75, 3.05) is 26.2 Å². The van der Waals surface area contributed by atoms with Gasteiger partial charge in [-0.15, -0.1) is 0 Å². The maximum absolute atomic E-state index is 12.6. The van der Waals surface area contributed by atoms with Crippen LogP contribution >= 0.6 is 0 Å². The Morgan fingerprint density at radius 3 is 2.93 bits per heavy atom. The van der Waals surface area contributed by atoms with E-state index in [0.717, 1.165) is 42.0 Å². The fourth-order valence-corrected chi connectivity index (χ4v) is 3.80. The number of aromatic nitrogens is 1. The zero-order valence-electron chi connectivity index (χ0n) is 15.6. The van der Waals surface area contributed by atoms with Crippen LogP contribution in [0.2, 0.25) is 0 Å². The summed E-state index contributed by atoms with van der Waals surface area (Å²) in [6, 6.07) is 15.4. The average molecular weight is 363 g/mol. The van der Waals surface area contributed by atoms with Crippen molar-refractivity contribution in [2.24, 2.45) is 5.92 Å². The normalized spacial score (nSPS) is 17.9. The lowest BCUT2D eigenvalue weighted by Crippen LogP contribution is -2.40. The van der Waals surface area contributed by atoms with Crippen LogP contribution in [0.5, 0.6) is 0 Å². The molecule has 4 rings (SSSR count). The summed E-state index contributed by atoms with van der Waals surface area (Å²) in [5.74, 6) is 1.39. The van der Waals surface area contributed by atoms with Crippen LogP contribution < -0.4 is 5.32 Å². The molecule has 1 unspecified atom stereocenters. The number of fused-ring (bicyclic) bond motifs is 1. The Balaban J connectivity index is 1.44. The second-order valence-corrected chi connectivity index (χ2v) is 7.41. The zero-order chi connectivity index (χ0) is 18.6. The van der Waals surface area contributed by atoms with Gasteiger partial charge in [0.15, 0.2) is 5.76 Å². The molecule has 0 bridgehead atoms. The van der Waals surface area contributed by atoms with Gasteiger partial charge in [0.05, 0.1) is 5.39 Å². The molecule has 1 aromatic heterocycles. The lowest BCUT2D eigenvalue weighted by atomic mass is 10.0. The number of benzene rings is 2.